The molecular formula is C9H13N5O2. The van der Waals surface area contributed by atoms with Crippen molar-refractivity contribution >= 4 is 17.0 Å². The molecule has 0 bridgehead atoms. The van der Waals surface area contributed by atoms with E-state index in [1.165, 1.54) is 6.33 Å². The third kappa shape index (κ3) is 1.95. The Bertz CT molecular complexity index is 484. The zero-order chi connectivity index (χ0) is 11.5. The van der Waals surface area contributed by atoms with Crippen molar-refractivity contribution in [3.8, 4) is 0 Å². The summed E-state index contributed by atoms with van der Waals surface area (Å²) in [6.45, 7) is 0.276. The quantitative estimate of drug-likeness (QED) is 0.623. The summed E-state index contributed by atoms with van der Waals surface area (Å²) in [4.78, 5) is 11.9. The van der Waals surface area contributed by atoms with Crippen LogP contribution in [0.3, 0.4) is 0 Å². The topological polar surface area (TPSA) is 110 Å². The smallest absolute Gasteiger partial charge is 0.165 e. The molecule has 2 heterocycles. The van der Waals surface area contributed by atoms with Gasteiger partial charge in [0, 0.05) is 6.61 Å². The molecule has 1 unspecified atom stereocenters. The molecule has 0 aliphatic rings. The fraction of sp³-hybridized carbons (Fsp3) is 0.444. The lowest BCUT2D eigenvalue weighted by atomic mass is 10.2. The number of rotatable bonds is 4. The van der Waals surface area contributed by atoms with E-state index in [0.29, 0.717) is 29.9 Å². The van der Waals surface area contributed by atoms with Crippen LogP contribution < -0.4 is 5.73 Å². The average Bonchev–Trinajstić information content (AvgIpc) is 2.64. The Morgan fingerprint density at radius 3 is 2.94 bits per heavy atom. The van der Waals surface area contributed by atoms with Crippen LogP contribution in [0.1, 0.15) is 6.42 Å². The molecule has 7 heteroatoms. The number of aromatic nitrogens is 4. The van der Waals surface area contributed by atoms with Gasteiger partial charge in [0.1, 0.15) is 11.8 Å². The Morgan fingerprint density at radius 1 is 1.38 bits per heavy atom. The summed E-state index contributed by atoms with van der Waals surface area (Å²) in [5.41, 5.74) is 6.74. The van der Waals surface area contributed by atoms with Gasteiger partial charge >= 0.3 is 0 Å². The van der Waals surface area contributed by atoms with Gasteiger partial charge in [-0.2, -0.15) is 0 Å². The third-order valence-corrected chi connectivity index (χ3v) is 2.30. The number of aliphatic hydroxyl groups excluding tert-OH is 2. The van der Waals surface area contributed by atoms with Gasteiger partial charge in [-0.3, -0.25) is 0 Å². The molecular weight excluding hydrogens is 210 g/mol. The van der Waals surface area contributed by atoms with Crippen LogP contribution >= 0.6 is 0 Å². The first-order chi connectivity index (χ1) is 7.72. The van der Waals surface area contributed by atoms with Crippen molar-refractivity contribution in [3.05, 3.63) is 12.7 Å². The highest BCUT2D eigenvalue weighted by atomic mass is 16.3. The number of nitrogen functional groups attached to an aromatic ring is 1. The normalized spacial score (nSPS) is 13.1. The van der Waals surface area contributed by atoms with Crippen molar-refractivity contribution in [1.29, 1.82) is 0 Å². The second-order valence-corrected chi connectivity index (χ2v) is 3.49. The monoisotopic (exact) mass is 223 g/mol. The Hall–Kier alpha value is -1.73. The Kier molecular flexibility index (Phi) is 2.97. The molecule has 2 rings (SSSR count). The molecule has 0 radical (unpaired) electrons. The summed E-state index contributed by atoms with van der Waals surface area (Å²) in [7, 11) is 0. The predicted octanol–water partition coefficient (Wildman–Crippen LogP) is -0.848. The van der Waals surface area contributed by atoms with Gasteiger partial charge in [0.05, 0.1) is 19.0 Å². The van der Waals surface area contributed by atoms with Crippen LogP contribution in [-0.4, -0.2) is 42.4 Å². The van der Waals surface area contributed by atoms with Crippen molar-refractivity contribution < 1.29 is 10.2 Å². The van der Waals surface area contributed by atoms with Crippen LogP contribution in [0, 0.1) is 0 Å². The number of imidazole rings is 1. The molecule has 86 valence electrons. The van der Waals surface area contributed by atoms with E-state index in [2.05, 4.69) is 15.0 Å². The van der Waals surface area contributed by atoms with E-state index in [4.69, 9.17) is 10.8 Å². The van der Waals surface area contributed by atoms with Gasteiger partial charge in [-0.1, -0.05) is 0 Å². The first kappa shape index (κ1) is 10.8. The van der Waals surface area contributed by atoms with Gasteiger partial charge in [-0.25, -0.2) is 15.0 Å². The second kappa shape index (κ2) is 4.42. The first-order valence-electron chi connectivity index (χ1n) is 4.92. The van der Waals surface area contributed by atoms with E-state index >= 15 is 0 Å². The van der Waals surface area contributed by atoms with E-state index < -0.39 is 6.10 Å². The molecule has 4 N–H and O–H groups in total. The molecule has 0 fully saturated rings. The zero-order valence-electron chi connectivity index (χ0n) is 8.61. The van der Waals surface area contributed by atoms with Crippen LogP contribution in [0.2, 0.25) is 0 Å². The summed E-state index contributed by atoms with van der Waals surface area (Å²) in [6, 6.07) is 0. The van der Waals surface area contributed by atoms with Crippen molar-refractivity contribution in [2.75, 3.05) is 12.3 Å². The number of nitrogens with two attached hydrogens (primary N) is 1. The number of anilines is 1. The summed E-state index contributed by atoms with van der Waals surface area (Å²) < 4.78 is 1.69. The van der Waals surface area contributed by atoms with Gasteiger partial charge in [-0.15, -0.1) is 0 Å². The second-order valence-electron chi connectivity index (χ2n) is 3.49. The molecule has 0 aliphatic heterocycles. The molecule has 0 spiro atoms. The van der Waals surface area contributed by atoms with E-state index in [1.54, 1.807) is 10.9 Å². The molecule has 0 aliphatic carbocycles. The third-order valence-electron chi connectivity index (χ3n) is 2.30. The summed E-state index contributed by atoms with van der Waals surface area (Å²) >= 11 is 0. The lowest BCUT2D eigenvalue weighted by molar-refractivity contribution is 0.118. The van der Waals surface area contributed by atoms with Crippen LogP contribution in [-0.2, 0) is 6.54 Å². The Morgan fingerprint density at radius 2 is 2.19 bits per heavy atom. The molecule has 0 amide bonds. The molecule has 7 nitrogen and oxygen atoms in total. The predicted molar refractivity (Wildman–Crippen MR) is 57.4 cm³/mol. The maximum atomic E-state index is 9.57. The van der Waals surface area contributed by atoms with Gasteiger partial charge in [-0.05, 0) is 6.42 Å². The Balaban J connectivity index is 2.28. The van der Waals surface area contributed by atoms with Gasteiger partial charge in [0.25, 0.3) is 0 Å². The number of hydrogen-bond donors (Lipinski definition) is 3. The van der Waals surface area contributed by atoms with Crippen molar-refractivity contribution in [1.82, 2.24) is 19.5 Å². The van der Waals surface area contributed by atoms with Crippen LogP contribution in [0.25, 0.3) is 11.2 Å². The summed E-state index contributed by atoms with van der Waals surface area (Å²) in [5.74, 6) is 0.320. The van der Waals surface area contributed by atoms with Crippen LogP contribution in [0.15, 0.2) is 12.7 Å². The Labute approximate surface area is 91.6 Å². The molecule has 16 heavy (non-hydrogen) atoms. The van der Waals surface area contributed by atoms with E-state index in [9.17, 15) is 5.11 Å². The number of nitrogens with zero attached hydrogens (tertiary/aromatic N) is 4. The highest BCUT2D eigenvalue weighted by molar-refractivity contribution is 5.81. The molecule has 1 atom stereocenters. The lowest BCUT2D eigenvalue weighted by Gasteiger charge is -2.09. The highest BCUT2D eigenvalue weighted by Crippen LogP contribution is 2.14. The SMILES string of the molecule is Nc1ncnc2c1ncn2CC(O)CCO. The van der Waals surface area contributed by atoms with E-state index in [-0.39, 0.29) is 6.61 Å². The van der Waals surface area contributed by atoms with Crippen LogP contribution in [0.5, 0.6) is 0 Å². The van der Waals surface area contributed by atoms with Gasteiger partial charge in [0.2, 0.25) is 0 Å². The summed E-state index contributed by atoms with van der Waals surface area (Å²) in [5, 5.41) is 18.3. The highest BCUT2D eigenvalue weighted by Gasteiger charge is 2.10. The minimum Gasteiger partial charge on any atom is -0.396 e. The minimum absolute atomic E-state index is 0.0507. The number of aliphatic hydroxyl groups is 2. The molecule has 0 saturated carbocycles. The molecule has 2 aromatic rings. The fourth-order valence-corrected chi connectivity index (χ4v) is 1.50. The van der Waals surface area contributed by atoms with Crippen LogP contribution in [0.4, 0.5) is 5.82 Å². The molecule has 0 saturated heterocycles. The number of fused-ring (bicyclic) bond motifs is 1. The standard InChI is InChI=1S/C9H13N5O2/c10-8-7-9(12-4-11-8)14(5-13-7)3-6(16)1-2-15/h4-6,15-16H,1-3H2,(H2,10,11,12). The van der Waals surface area contributed by atoms with Crippen molar-refractivity contribution in [3.63, 3.8) is 0 Å². The largest absolute Gasteiger partial charge is 0.396 e. The summed E-state index contributed by atoms with van der Waals surface area (Å²) in [6.07, 6.45) is 2.60. The zero-order valence-corrected chi connectivity index (χ0v) is 8.61. The molecule has 2 aromatic heterocycles. The maximum absolute atomic E-state index is 9.57. The fourth-order valence-electron chi connectivity index (χ4n) is 1.50. The van der Waals surface area contributed by atoms with Gasteiger partial charge in [0.15, 0.2) is 11.5 Å². The first-order valence-corrected chi connectivity index (χ1v) is 4.92. The van der Waals surface area contributed by atoms with Gasteiger partial charge < -0.3 is 20.5 Å². The van der Waals surface area contributed by atoms with E-state index in [0.717, 1.165) is 0 Å². The average molecular weight is 223 g/mol. The minimum atomic E-state index is -0.626. The van der Waals surface area contributed by atoms with E-state index in [1.807, 2.05) is 0 Å². The lowest BCUT2D eigenvalue weighted by Crippen LogP contribution is -2.17. The van der Waals surface area contributed by atoms with Crippen molar-refractivity contribution in [2.45, 2.75) is 19.1 Å². The maximum Gasteiger partial charge on any atom is 0.165 e. The number of hydrogen-bond acceptors (Lipinski definition) is 6. The molecule has 0 aromatic carbocycles. The van der Waals surface area contributed by atoms with Crippen molar-refractivity contribution in [2.24, 2.45) is 0 Å².